The Morgan fingerprint density at radius 3 is 2.77 bits per heavy atom. The average Bonchev–Trinajstić information content (AvgIpc) is 3.05. The highest BCUT2D eigenvalue weighted by atomic mass is 16.5. The lowest BCUT2D eigenvalue weighted by Crippen LogP contribution is -2.39. The summed E-state index contributed by atoms with van der Waals surface area (Å²) in [4.78, 5) is 27.0. The summed E-state index contributed by atoms with van der Waals surface area (Å²) in [5.74, 6) is 0.255. The van der Waals surface area contributed by atoms with Crippen molar-refractivity contribution in [2.24, 2.45) is 5.92 Å². The van der Waals surface area contributed by atoms with E-state index in [9.17, 15) is 9.59 Å². The molecule has 0 atom stereocenters. The van der Waals surface area contributed by atoms with Gasteiger partial charge in [0.2, 0.25) is 0 Å². The lowest BCUT2D eigenvalue weighted by molar-refractivity contribution is -0.148. The fourth-order valence-electron chi connectivity index (χ4n) is 3.65. The molecule has 1 fully saturated rings. The molecule has 0 radical (unpaired) electrons. The fraction of sp³-hybridized carbons (Fsp3) is 0.524. The Hall–Kier alpha value is -2.30. The van der Waals surface area contributed by atoms with Gasteiger partial charge in [0.05, 0.1) is 0 Å². The Kier molecular flexibility index (Phi) is 6.31. The van der Waals surface area contributed by atoms with Crippen molar-refractivity contribution < 1.29 is 14.3 Å². The number of H-pyrrole nitrogens is 1. The molecule has 140 valence electrons. The minimum atomic E-state index is -0.308. The molecule has 0 aliphatic heterocycles. The zero-order valence-corrected chi connectivity index (χ0v) is 15.4. The topological polar surface area (TPSA) is 71.2 Å². The van der Waals surface area contributed by atoms with Crippen LogP contribution in [0, 0.1) is 5.92 Å². The third-order valence-electron chi connectivity index (χ3n) is 5.25. The van der Waals surface area contributed by atoms with E-state index in [2.05, 4.69) is 23.3 Å². The first-order valence-electron chi connectivity index (χ1n) is 9.62. The summed E-state index contributed by atoms with van der Waals surface area (Å²) in [6, 6.07) is 8.37. The van der Waals surface area contributed by atoms with Gasteiger partial charge in [0.1, 0.15) is 0 Å². The number of carbonyl (C=O) groups is 2. The Morgan fingerprint density at radius 2 is 1.96 bits per heavy atom. The molecule has 1 aromatic carbocycles. The van der Waals surface area contributed by atoms with E-state index in [0.29, 0.717) is 12.8 Å². The molecule has 0 spiro atoms. The van der Waals surface area contributed by atoms with Gasteiger partial charge in [-0.15, -0.1) is 0 Å². The summed E-state index contributed by atoms with van der Waals surface area (Å²) in [5, 5.41) is 4.17. The van der Waals surface area contributed by atoms with Gasteiger partial charge in [-0.2, -0.15) is 0 Å². The molecule has 2 aromatic rings. The number of para-hydroxylation sites is 1. The Morgan fingerprint density at radius 1 is 1.19 bits per heavy atom. The highest BCUT2D eigenvalue weighted by molar-refractivity contribution is 5.83. The van der Waals surface area contributed by atoms with Crippen LogP contribution in [0.5, 0.6) is 0 Å². The van der Waals surface area contributed by atoms with E-state index in [1.54, 1.807) is 0 Å². The van der Waals surface area contributed by atoms with Crippen LogP contribution in [-0.2, 0) is 20.7 Å². The number of carbonyl (C=O) groups excluding carboxylic acids is 2. The van der Waals surface area contributed by atoms with E-state index in [0.717, 1.165) is 43.5 Å². The lowest BCUT2D eigenvalue weighted by atomic mass is 9.87. The van der Waals surface area contributed by atoms with Crippen molar-refractivity contribution in [3.05, 3.63) is 36.0 Å². The average molecular weight is 356 g/mol. The number of aromatic nitrogens is 1. The predicted molar refractivity (Wildman–Crippen MR) is 102 cm³/mol. The van der Waals surface area contributed by atoms with Crippen LogP contribution in [0.4, 0.5) is 0 Å². The van der Waals surface area contributed by atoms with Gasteiger partial charge in [0.15, 0.2) is 6.61 Å². The third-order valence-corrected chi connectivity index (χ3v) is 5.25. The number of hydrogen-bond acceptors (Lipinski definition) is 3. The number of hydrogen-bond donors (Lipinski definition) is 2. The second-order valence-electron chi connectivity index (χ2n) is 7.40. The molecule has 3 rings (SSSR count). The van der Waals surface area contributed by atoms with Crippen molar-refractivity contribution in [1.29, 1.82) is 0 Å². The molecule has 1 heterocycles. The molecule has 0 unspecified atom stereocenters. The first-order chi connectivity index (χ1) is 12.6. The van der Waals surface area contributed by atoms with E-state index >= 15 is 0 Å². The van der Waals surface area contributed by atoms with Crippen LogP contribution in [0.2, 0.25) is 0 Å². The molecule has 1 aliphatic carbocycles. The normalized spacial score (nSPS) is 20.0. The van der Waals surface area contributed by atoms with E-state index in [1.165, 1.54) is 10.9 Å². The molecule has 26 heavy (non-hydrogen) atoms. The number of amides is 1. The maximum absolute atomic E-state index is 11.9. The lowest BCUT2D eigenvalue weighted by Gasteiger charge is -2.26. The summed E-state index contributed by atoms with van der Waals surface area (Å²) in [5.41, 5.74) is 2.32. The molecule has 1 aromatic heterocycles. The Labute approximate surface area is 154 Å². The van der Waals surface area contributed by atoms with Crippen LogP contribution in [0.3, 0.4) is 0 Å². The summed E-state index contributed by atoms with van der Waals surface area (Å²) >= 11 is 0. The molecule has 1 amide bonds. The summed E-state index contributed by atoms with van der Waals surface area (Å²) in [6.45, 7) is 2.08. The number of esters is 1. The van der Waals surface area contributed by atoms with Gasteiger partial charge < -0.3 is 15.0 Å². The molecule has 0 saturated heterocycles. The molecule has 5 heteroatoms. The smallest absolute Gasteiger partial charge is 0.306 e. The number of ether oxygens (including phenoxy) is 1. The summed E-state index contributed by atoms with van der Waals surface area (Å²) < 4.78 is 5.11. The van der Waals surface area contributed by atoms with Gasteiger partial charge in [-0.05, 0) is 56.1 Å². The SMILES string of the molecule is CC1CCC(NC(=O)COC(=O)CCCc2c[nH]c3ccccc23)CC1. The fourth-order valence-corrected chi connectivity index (χ4v) is 3.65. The minimum absolute atomic E-state index is 0.169. The number of rotatable bonds is 7. The van der Waals surface area contributed by atoms with Gasteiger partial charge >= 0.3 is 5.97 Å². The van der Waals surface area contributed by atoms with Crippen LogP contribution in [0.25, 0.3) is 10.9 Å². The predicted octanol–water partition coefficient (Wildman–Crippen LogP) is 3.73. The number of nitrogens with one attached hydrogen (secondary N) is 2. The van der Waals surface area contributed by atoms with Crippen molar-refractivity contribution >= 4 is 22.8 Å². The van der Waals surface area contributed by atoms with E-state index < -0.39 is 0 Å². The maximum Gasteiger partial charge on any atom is 0.306 e. The van der Waals surface area contributed by atoms with Crippen LogP contribution in [0.15, 0.2) is 30.5 Å². The molecular formula is C21H28N2O3. The monoisotopic (exact) mass is 356 g/mol. The number of aryl methyl sites for hydroxylation is 1. The van der Waals surface area contributed by atoms with Crippen molar-refractivity contribution in [3.63, 3.8) is 0 Å². The van der Waals surface area contributed by atoms with Gasteiger partial charge in [0.25, 0.3) is 5.91 Å². The van der Waals surface area contributed by atoms with Crippen molar-refractivity contribution in [1.82, 2.24) is 10.3 Å². The van der Waals surface area contributed by atoms with Gasteiger partial charge in [-0.3, -0.25) is 9.59 Å². The van der Waals surface area contributed by atoms with Crippen LogP contribution in [-0.4, -0.2) is 29.5 Å². The largest absolute Gasteiger partial charge is 0.456 e. The Bertz CT molecular complexity index is 745. The second kappa shape index (κ2) is 8.88. The molecule has 1 saturated carbocycles. The minimum Gasteiger partial charge on any atom is -0.456 e. The van der Waals surface area contributed by atoms with Crippen molar-refractivity contribution in [2.75, 3.05) is 6.61 Å². The van der Waals surface area contributed by atoms with E-state index in [4.69, 9.17) is 4.74 Å². The first-order valence-corrected chi connectivity index (χ1v) is 9.62. The van der Waals surface area contributed by atoms with Crippen LogP contribution >= 0.6 is 0 Å². The number of benzene rings is 1. The number of fused-ring (bicyclic) bond motifs is 1. The highest BCUT2D eigenvalue weighted by Crippen LogP contribution is 2.23. The maximum atomic E-state index is 11.9. The number of aromatic amines is 1. The quantitative estimate of drug-likeness (QED) is 0.743. The Balaban J connectivity index is 1.33. The van der Waals surface area contributed by atoms with Crippen molar-refractivity contribution in [3.8, 4) is 0 Å². The second-order valence-corrected chi connectivity index (χ2v) is 7.40. The summed E-state index contributed by atoms with van der Waals surface area (Å²) in [7, 11) is 0. The molecule has 2 N–H and O–H groups in total. The van der Waals surface area contributed by atoms with E-state index in [1.807, 2.05) is 24.4 Å². The van der Waals surface area contributed by atoms with Gasteiger partial charge in [0, 0.05) is 29.6 Å². The van der Waals surface area contributed by atoms with Crippen LogP contribution < -0.4 is 5.32 Å². The third kappa shape index (κ3) is 5.10. The van der Waals surface area contributed by atoms with E-state index in [-0.39, 0.29) is 24.5 Å². The van der Waals surface area contributed by atoms with Crippen LogP contribution in [0.1, 0.15) is 51.0 Å². The first kappa shape index (κ1) is 18.5. The molecule has 1 aliphatic rings. The van der Waals surface area contributed by atoms with Crippen molar-refractivity contribution in [2.45, 2.75) is 57.9 Å². The zero-order chi connectivity index (χ0) is 18.4. The zero-order valence-electron chi connectivity index (χ0n) is 15.4. The highest BCUT2D eigenvalue weighted by Gasteiger charge is 2.20. The van der Waals surface area contributed by atoms with Gasteiger partial charge in [-0.1, -0.05) is 25.1 Å². The molecule has 0 bridgehead atoms. The molecule has 5 nitrogen and oxygen atoms in total. The van der Waals surface area contributed by atoms with Gasteiger partial charge in [-0.25, -0.2) is 0 Å². The summed E-state index contributed by atoms with van der Waals surface area (Å²) in [6.07, 6.45) is 8.19. The molecular weight excluding hydrogens is 328 g/mol. The standard InChI is InChI=1S/C21H28N2O3/c1-15-9-11-17(12-10-15)23-20(24)14-26-21(25)8-4-5-16-13-22-19-7-3-2-6-18(16)19/h2-3,6-7,13,15,17,22H,4-5,8-12,14H2,1H3,(H,23,24).